The first-order chi connectivity index (χ1) is 21.5. The van der Waals surface area contributed by atoms with Crippen LogP contribution in [0.4, 0.5) is 5.69 Å². The molecule has 5 amide bonds. The van der Waals surface area contributed by atoms with Crippen LogP contribution in [0.5, 0.6) is 5.75 Å². The van der Waals surface area contributed by atoms with Gasteiger partial charge in [0.1, 0.15) is 17.8 Å². The number of amides is 5. The number of esters is 1. The average molecular weight is 623 g/mol. The van der Waals surface area contributed by atoms with Crippen LogP contribution in [0.15, 0.2) is 24.3 Å². The van der Waals surface area contributed by atoms with E-state index in [1.165, 1.54) is 24.3 Å². The van der Waals surface area contributed by atoms with E-state index in [1.54, 1.807) is 0 Å². The minimum absolute atomic E-state index is 0.0240. The number of carbonyl (C=O) groups is 6. The molecule has 1 aromatic rings. The highest BCUT2D eigenvalue weighted by atomic mass is 16.6. The van der Waals surface area contributed by atoms with E-state index in [1.807, 2.05) is 0 Å². The minimum Gasteiger partial charge on any atom is -0.427 e. The average Bonchev–Trinajstić information content (AvgIpc) is 3.01. The van der Waals surface area contributed by atoms with E-state index in [9.17, 15) is 38.9 Å². The number of rotatable bonds is 19. The van der Waals surface area contributed by atoms with Crippen LogP contribution in [0.1, 0.15) is 44.9 Å². The van der Waals surface area contributed by atoms with Gasteiger partial charge in [0, 0.05) is 37.8 Å². The first-order valence-corrected chi connectivity index (χ1v) is 13.7. The van der Waals surface area contributed by atoms with Gasteiger partial charge in [-0.15, -0.1) is 19.3 Å². The van der Waals surface area contributed by atoms with Gasteiger partial charge < -0.3 is 31.3 Å². The molecule has 1 aromatic carbocycles. The Morgan fingerprint density at radius 3 is 1.73 bits per heavy atom. The third-order valence-corrected chi connectivity index (χ3v) is 5.81. The summed E-state index contributed by atoms with van der Waals surface area (Å²) in [6, 6.07) is 2.37. The molecule has 0 fully saturated rings. The van der Waals surface area contributed by atoms with Crippen molar-refractivity contribution in [1.29, 1.82) is 0 Å². The molecular formula is C30H34N6O9. The number of nitrogens with one attached hydrogen (secondary N) is 5. The zero-order valence-corrected chi connectivity index (χ0v) is 24.4. The SMILES string of the molecule is C#CCNC(=O)CC[C@H](NC(=O)CCCC(=O)Oc1ccc([N+](=O)[O-])cc1)C(=O)N[C@H](CCC(=O)NCC#C)C(=O)NCC#C. The summed E-state index contributed by atoms with van der Waals surface area (Å²) in [6.45, 7) is -0.211. The maximum absolute atomic E-state index is 13.2. The van der Waals surface area contributed by atoms with E-state index in [-0.39, 0.29) is 76.0 Å². The van der Waals surface area contributed by atoms with E-state index in [0.29, 0.717) is 0 Å². The Labute approximate surface area is 260 Å². The largest absolute Gasteiger partial charge is 0.427 e. The monoisotopic (exact) mass is 622 g/mol. The first-order valence-electron chi connectivity index (χ1n) is 13.7. The highest BCUT2D eigenvalue weighted by Gasteiger charge is 2.27. The fraction of sp³-hybridized carbons (Fsp3) is 0.400. The van der Waals surface area contributed by atoms with E-state index in [0.717, 1.165) is 0 Å². The van der Waals surface area contributed by atoms with E-state index in [2.05, 4.69) is 44.3 Å². The van der Waals surface area contributed by atoms with Gasteiger partial charge in [0.05, 0.1) is 24.6 Å². The fourth-order valence-corrected chi connectivity index (χ4v) is 3.58. The summed E-state index contributed by atoms with van der Waals surface area (Å²) >= 11 is 0. The molecule has 0 saturated heterocycles. The number of nitrogens with zero attached hydrogens (tertiary/aromatic N) is 1. The normalized spacial score (nSPS) is 11.1. The van der Waals surface area contributed by atoms with Crippen LogP contribution in [0, 0.1) is 47.1 Å². The Kier molecular flexibility index (Phi) is 17.3. The molecule has 238 valence electrons. The van der Waals surface area contributed by atoms with Gasteiger partial charge in [-0.05, 0) is 31.4 Å². The molecule has 5 N–H and O–H groups in total. The number of hydrogen-bond acceptors (Lipinski definition) is 9. The summed E-state index contributed by atoms with van der Waals surface area (Å²) in [6.07, 6.45) is 14.4. The quantitative estimate of drug-likeness (QED) is 0.0439. The topological polar surface area (TPSA) is 215 Å². The standard InChI is InChI=1S/C30H34N6O9/c1-4-18-31-25(37)16-14-23(29(41)33-20-6-3)35-30(42)24(15-17-26(38)32-19-5-2)34-27(39)8-7-9-28(40)45-22-12-10-21(11-13-22)36(43)44/h1-3,10-13,23-24H,7-9,14-20H2,(H,31,37)(H,32,38)(H,33,41)(H,34,39)(H,35,42)/t23-,24+/m1/s1. The molecule has 0 aromatic heterocycles. The minimum atomic E-state index is -1.28. The molecule has 0 aliphatic rings. The van der Waals surface area contributed by atoms with Gasteiger partial charge >= 0.3 is 5.97 Å². The molecular weight excluding hydrogens is 588 g/mol. The Morgan fingerprint density at radius 2 is 1.22 bits per heavy atom. The number of nitro groups is 1. The van der Waals surface area contributed by atoms with Crippen LogP contribution in [0.2, 0.25) is 0 Å². The van der Waals surface area contributed by atoms with Crippen molar-refractivity contribution in [2.45, 2.75) is 57.0 Å². The van der Waals surface area contributed by atoms with Crippen molar-refractivity contribution in [3.05, 3.63) is 34.4 Å². The number of ether oxygens (including phenoxy) is 1. The Balaban J connectivity index is 2.85. The second-order valence-corrected chi connectivity index (χ2v) is 9.22. The third-order valence-electron chi connectivity index (χ3n) is 5.81. The van der Waals surface area contributed by atoms with Crippen LogP contribution in [0.25, 0.3) is 0 Å². The van der Waals surface area contributed by atoms with Gasteiger partial charge in [-0.3, -0.25) is 38.9 Å². The summed E-state index contributed by atoms with van der Waals surface area (Å²) in [5.74, 6) is 3.04. The summed E-state index contributed by atoms with van der Waals surface area (Å²) in [5.41, 5.74) is -0.177. The van der Waals surface area contributed by atoms with E-state index in [4.69, 9.17) is 24.0 Å². The molecule has 0 aliphatic heterocycles. The molecule has 15 nitrogen and oxygen atoms in total. The lowest BCUT2D eigenvalue weighted by Gasteiger charge is -2.23. The second-order valence-electron chi connectivity index (χ2n) is 9.22. The molecule has 15 heteroatoms. The van der Waals surface area contributed by atoms with Gasteiger partial charge in [-0.25, -0.2) is 0 Å². The number of carbonyl (C=O) groups excluding carboxylic acids is 6. The van der Waals surface area contributed by atoms with Gasteiger partial charge in [-0.2, -0.15) is 0 Å². The van der Waals surface area contributed by atoms with E-state index < -0.39 is 52.5 Å². The molecule has 0 unspecified atom stereocenters. The molecule has 0 aliphatic carbocycles. The van der Waals surface area contributed by atoms with Crippen LogP contribution < -0.4 is 31.3 Å². The zero-order valence-electron chi connectivity index (χ0n) is 24.4. The van der Waals surface area contributed by atoms with Crippen molar-refractivity contribution in [2.75, 3.05) is 19.6 Å². The van der Waals surface area contributed by atoms with Gasteiger partial charge in [0.15, 0.2) is 0 Å². The Hall–Kier alpha value is -5.88. The van der Waals surface area contributed by atoms with Gasteiger partial charge in [0.25, 0.3) is 5.69 Å². The Morgan fingerprint density at radius 1 is 0.711 bits per heavy atom. The van der Waals surface area contributed by atoms with Gasteiger partial charge in [-0.1, -0.05) is 17.8 Å². The van der Waals surface area contributed by atoms with Crippen molar-refractivity contribution in [2.24, 2.45) is 0 Å². The summed E-state index contributed by atoms with van der Waals surface area (Å²) in [5, 5.41) is 23.0. The number of nitro benzene ring substituents is 1. The van der Waals surface area contributed by atoms with Crippen molar-refractivity contribution in [1.82, 2.24) is 26.6 Å². The van der Waals surface area contributed by atoms with Crippen molar-refractivity contribution in [3.8, 4) is 42.8 Å². The number of benzene rings is 1. The summed E-state index contributed by atoms with van der Waals surface area (Å²) in [7, 11) is 0. The molecule has 1 rings (SSSR count). The first kappa shape index (κ1) is 37.1. The number of terminal acetylenes is 3. The van der Waals surface area contributed by atoms with Crippen LogP contribution in [-0.2, 0) is 28.8 Å². The lowest BCUT2D eigenvalue weighted by Crippen LogP contribution is -2.54. The van der Waals surface area contributed by atoms with Gasteiger partial charge in [0.2, 0.25) is 29.5 Å². The van der Waals surface area contributed by atoms with Crippen molar-refractivity contribution in [3.63, 3.8) is 0 Å². The molecule has 0 saturated carbocycles. The lowest BCUT2D eigenvalue weighted by atomic mass is 10.1. The highest BCUT2D eigenvalue weighted by molar-refractivity contribution is 5.93. The maximum atomic E-state index is 13.2. The smallest absolute Gasteiger partial charge is 0.311 e. The molecule has 0 spiro atoms. The van der Waals surface area contributed by atoms with Crippen LogP contribution in [-0.4, -0.2) is 72.1 Å². The third kappa shape index (κ3) is 15.8. The van der Waals surface area contributed by atoms with Crippen LogP contribution in [0.3, 0.4) is 0 Å². The molecule has 0 radical (unpaired) electrons. The van der Waals surface area contributed by atoms with Crippen LogP contribution >= 0.6 is 0 Å². The highest BCUT2D eigenvalue weighted by Crippen LogP contribution is 2.18. The van der Waals surface area contributed by atoms with Crippen molar-refractivity contribution >= 4 is 41.2 Å². The summed E-state index contributed by atoms with van der Waals surface area (Å²) in [4.78, 5) is 84.9. The number of hydrogen-bond donors (Lipinski definition) is 5. The molecule has 45 heavy (non-hydrogen) atoms. The maximum Gasteiger partial charge on any atom is 0.311 e. The van der Waals surface area contributed by atoms with Crippen molar-refractivity contribution < 1.29 is 38.4 Å². The molecule has 2 atom stereocenters. The Bertz CT molecular complexity index is 1360. The predicted octanol–water partition coefficient (Wildman–Crippen LogP) is -0.551. The molecule has 0 heterocycles. The zero-order chi connectivity index (χ0) is 33.6. The predicted molar refractivity (Wildman–Crippen MR) is 160 cm³/mol. The number of non-ortho nitro benzene ring substituents is 1. The van der Waals surface area contributed by atoms with E-state index >= 15 is 0 Å². The molecule has 0 bridgehead atoms. The summed E-state index contributed by atoms with van der Waals surface area (Å²) < 4.78 is 5.10. The fourth-order valence-electron chi connectivity index (χ4n) is 3.58. The lowest BCUT2D eigenvalue weighted by molar-refractivity contribution is -0.384. The second kappa shape index (κ2) is 20.9.